The molecule has 0 radical (unpaired) electrons. The van der Waals surface area contributed by atoms with Crippen LogP contribution in [0.1, 0.15) is 34.6 Å². The highest BCUT2D eigenvalue weighted by Gasteiger charge is 2.22. The summed E-state index contributed by atoms with van der Waals surface area (Å²) in [6.45, 7) is 3.15. The summed E-state index contributed by atoms with van der Waals surface area (Å²) in [4.78, 5) is 26.8. The Morgan fingerprint density at radius 2 is 1.26 bits per heavy atom. The lowest BCUT2D eigenvalue weighted by Crippen LogP contribution is -2.27. The third-order valence-electron chi connectivity index (χ3n) is 4.94. The minimum Gasteiger partial charge on any atom is -0.488 e. The quantitative estimate of drug-likeness (QED) is 0.423. The van der Waals surface area contributed by atoms with Crippen LogP contribution in [0.15, 0.2) is 72.8 Å². The van der Waals surface area contributed by atoms with Gasteiger partial charge < -0.3 is 25.4 Å². The number of primary amides is 1. The molecule has 0 saturated carbocycles. The minimum absolute atomic E-state index is 0.158. The summed E-state index contributed by atoms with van der Waals surface area (Å²) < 4.78 is 11.4. The summed E-state index contributed by atoms with van der Waals surface area (Å²) in [6.07, 6.45) is -0.855. The van der Waals surface area contributed by atoms with Gasteiger partial charge in [0.05, 0.1) is 24.6 Å². The van der Waals surface area contributed by atoms with Gasteiger partial charge in [-0.05, 0) is 56.3 Å². The Kier molecular flexibility index (Phi) is 8.24. The minimum atomic E-state index is -0.636. The SMILES string of the molecule is CC(CO)Oc1cccc(N(C(=O)c2cccc(C(N)=O)c2)c2cccc(OC(C)CO)c2)c1. The van der Waals surface area contributed by atoms with Crippen molar-refractivity contribution in [1.82, 2.24) is 0 Å². The lowest BCUT2D eigenvalue weighted by atomic mass is 10.1. The van der Waals surface area contributed by atoms with E-state index >= 15 is 0 Å². The number of ether oxygens (including phenoxy) is 2. The van der Waals surface area contributed by atoms with Crippen molar-refractivity contribution in [3.63, 3.8) is 0 Å². The van der Waals surface area contributed by atoms with Gasteiger partial charge in [0.15, 0.2) is 0 Å². The Morgan fingerprint density at radius 1 is 0.794 bits per heavy atom. The van der Waals surface area contributed by atoms with Gasteiger partial charge in [-0.1, -0.05) is 18.2 Å². The molecule has 0 aliphatic carbocycles. The maximum absolute atomic E-state index is 13.7. The van der Waals surface area contributed by atoms with Gasteiger partial charge in [0.1, 0.15) is 23.7 Å². The number of aliphatic hydroxyl groups is 2. The van der Waals surface area contributed by atoms with Gasteiger partial charge in [-0.2, -0.15) is 0 Å². The van der Waals surface area contributed by atoms with Crippen molar-refractivity contribution < 1.29 is 29.3 Å². The number of rotatable bonds is 10. The molecule has 34 heavy (non-hydrogen) atoms. The van der Waals surface area contributed by atoms with E-state index in [0.29, 0.717) is 22.9 Å². The van der Waals surface area contributed by atoms with E-state index in [2.05, 4.69) is 0 Å². The number of anilines is 2. The second-order valence-corrected chi connectivity index (χ2v) is 7.80. The molecule has 2 amide bonds. The molecule has 0 heterocycles. The van der Waals surface area contributed by atoms with Gasteiger partial charge in [0, 0.05) is 23.3 Å². The van der Waals surface area contributed by atoms with E-state index in [9.17, 15) is 19.8 Å². The van der Waals surface area contributed by atoms with Crippen LogP contribution >= 0.6 is 0 Å². The molecule has 0 aliphatic heterocycles. The third-order valence-corrected chi connectivity index (χ3v) is 4.94. The number of carbonyl (C=O) groups excluding carboxylic acids is 2. The van der Waals surface area contributed by atoms with E-state index in [-0.39, 0.29) is 24.3 Å². The molecule has 2 atom stereocenters. The highest BCUT2D eigenvalue weighted by molar-refractivity contribution is 6.12. The maximum atomic E-state index is 13.7. The van der Waals surface area contributed by atoms with Gasteiger partial charge in [0.25, 0.3) is 5.91 Å². The zero-order valence-electron chi connectivity index (χ0n) is 19.0. The van der Waals surface area contributed by atoms with Crippen LogP contribution in [0.25, 0.3) is 0 Å². The summed E-state index contributed by atoms with van der Waals surface area (Å²) in [7, 11) is 0. The number of benzene rings is 3. The van der Waals surface area contributed by atoms with Gasteiger partial charge in [0.2, 0.25) is 5.91 Å². The summed E-state index contributed by atoms with van der Waals surface area (Å²) in [5.41, 5.74) is 6.89. The van der Waals surface area contributed by atoms with E-state index < -0.39 is 24.0 Å². The standard InChI is InChI=1S/C26H28N2O6/c1-17(15-29)33-23-10-4-8-21(13-23)28(22-9-5-11-24(14-22)34-18(2)16-30)26(32)20-7-3-6-19(12-20)25(27)31/h3-14,17-18,29-30H,15-16H2,1-2H3,(H2,27,31). The number of nitrogens with zero attached hydrogens (tertiary/aromatic N) is 1. The van der Waals surface area contributed by atoms with E-state index in [1.54, 1.807) is 80.6 Å². The molecule has 4 N–H and O–H groups in total. The lowest BCUT2D eigenvalue weighted by molar-refractivity contribution is 0.0998. The average molecular weight is 465 g/mol. The van der Waals surface area contributed by atoms with Crippen molar-refractivity contribution >= 4 is 23.2 Å². The Morgan fingerprint density at radius 3 is 1.74 bits per heavy atom. The molecule has 0 saturated heterocycles. The number of carbonyl (C=O) groups is 2. The van der Waals surface area contributed by atoms with Crippen LogP contribution in [0, 0.1) is 0 Å². The van der Waals surface area contributed by atoms with Crippen LogP contribution in [0.4, 0.5) is 11.4 Å². The number of nitrogens with two attached hydrogens (primary N) is 1. The highest BCUT2D eigenvalue weighted by atomic mass is 16.5. The molecule has 8 heteroatoms. The van der Waals surface area contributed by atoms with E-state index in [0.717, 1.165) is 0 Å². The Labute approximate surface area is 198 Å². The first-order valence-electron chi connectivity index (χ1n) is 10.8. The zero-order valence-corrected chi connectivity index (χ0v) is 19.0. The smallest absolute Gasteiger partial charge is 0.262 e. The summed E-state index contributed by atoms with van der Waals surface area (Å²) in [5.74, 6) is -0.0844. The molecule has 2 unspecified atom stereocenters. The highest BCUT2D eigenvalue weighted by Crippen LogP contribution is 2.33. The van der Waals surface area contributed by atoms with Crippen molar-refractivity contribution in [2.45, 2.75) is 26.1 Å². The molecular weight excluding hydrogens is 436 g/mol. The largest absolute Gasteiger partial charge is 0.488 e. The summed E-state index contributed by atoms with van der Waals surface area (Å²) in [6, 6.07) is 20.0. The summed E-state index contributed by atoms with van der Waals surface area (Å²) in [5, 5.41) is 18.6. The predicted octanol–water partition coefficient (Wildman–Crippen LogP) is 3.28. The average Bonchev–Trinajstić information content (AvgIpc) is 2.84. The van der Waals surface area contributed by atoms with Crippen molar-refractivity contribution in [3.05, 3.63) is 83.9 Å². The van der Waals surface area contributed by atoms with E-state index in [4.69, 9.17) is 15.2 Å². The van der Waals surface area contributed by atoms with Crippen LogP contribution in [0.5, 0.6) is 11.5 Å². The fraction of sp³-hybridized carbons (Fsp3) is 0.231. The van der Waals surface area contributed by atoms with Gasteiger partial charge in [-0.3, -0.25) is 14.5 Å². The first-order valence-corrected chi connectivity index (χ1v) is 10.8. The molecule has 0 spiro atoms. The van der Waals surface area contributed by atoms with Gasteiger partial charge in [-0.15, -0.1) is 0 Å². The maximum Gasteiger partial charge on any atom is 0.262 e. The molecule has 8 nitrogen and oxygen atoms in total. The van der Waals surface area contributed by atoms with Crippen molar-refractivity contribution in [2.24, 2.45) is 5.73 Å². The topological polar surface area (TPSA) is 122 Å². The molecule has 3 aromatic carbocycles. The number of aliphatic hydroxyl groups excluding tert-OH is 2. The number of hydrogen-bond donors (Lipinski definition) is 3. The normalized spacial score (nSPS) is 12.5. The lowest BCUT2D eigenvalue weighted by Gasteiger charge is -2.25. The van der Waals surface area contributed by atoms with E-state index in [1.165, 1.54) is 11.0 Å². The molecule has 0 aliphatic rings. The first-order chi connectivity index (χ1) is 16.3. The molecule has 3 rings (SSSR count). The molecule has 178 valence electrons. The van der Waals surface area contributed by atoms with Crippen molar-refractivity contribution in [3.8, 4) is 11.5 Å². The zero-order chi connectivity index (χ0) is 24.7. The van der Waals surface area contributed by atoms with Crippen molar-refractivity contribution in [2.75, 3.05) is 18.1 Å². The molecule has 0 fully saturated rings. The first kappa shape index (κ1) is 24.8. The Hall–Kier alpha value is -3.88. The summed E-state index contributed by atoms with van der Waals surface area (Å²) >= 11 is 0. The van der Waals surface area contributed by atoms with Gasteiger partial charge in [-0.25, -0.2) is 0 Å². The monoisotopic (exact) mass is 464 g/mol. The van der Waals surface area contributed by atoms with Crippen LogP contribution in [0.2, 0.25) is 0 Å². The molecule has 0 aromatic heterocycles. The second kappa shape index (κ2) is 11.3. The third kappa shape index (κ3) is 6.12. The van der Waals surface area contributed by atoms with Crippen LogP contribution in [0.3, 0.4) is 0 Å². The van der Waals surface area contributed by atoms with Crippen molar-refractivity contribution in [1.29, 1.82) is 0 Å². The number of amides is 2. The van der Waals surface area contributed by atoms with E-state index in [1.807, 2.05) is 0 Å². The van der Waals surface area contributed by atoms with Crippen LogP contribution in [-0.4, -0.2) is 47.4 Å². The Balaban J connectivity index is 2.08. The molecule has 3 aromatic rings. The van der Waals surface area contributed by atoms with Crippen LogP contribution in [-0.2, 0) is 0 Å². The Bertz CT molecular complexity index is 1090. The van der Waals surface area contributed by atoms with Gasteiger partial charge >= 0.3 is 0 Å². The predicted molar refractivity (Wildman–Crippen MR) is 129 cm³/mol. The second-order valence-electron chi connectivity index (χ2n) is 7.80. The molecule has 0 bridgehead atoms. The number of hydrogen-bond acceptors (Lipinski definition) is 6. The fourth-order valence-corrected chi connectivity index (χ4v) is 3.25. The molecular formula is C26H28N2O6. The van der Waals surface area contributed by atoms with Crippen LogP contribution < -0.4 is 20.1 Å². The fourth-order valence-electron chi connectivity index (χ4n) is 3.25.